The van der Waals surface area contributed by atoms with Crippen LogP contribution in [0.1, 0.15) is 65.0 Å². The van der Waals surface area contributed by atoms with Crippen LogP contribution in [0.3, 0.4) is 0 Å². The summed E-state index contributed by atoms with van der Waals surface area (Å²) in [6.45, 7) is 9.58. The van der Waals surface area contributed by atoms with Crippen molar-refractivity contribution in [1.29, 1.82) is 0 Å². The number of nitrogens with zero attached hydrogens (tertiary/aromatic N) is 1. The predicted octanol–water partition coefficient (Wildman–Crippen LogP) is 4.90. The van der Waals surface area contributed by atoms with Crippen molar-refractivity contribution in [2.75, 3.05) is 19.8 Å². The van der Waals surface area contributed by atoms with Crippen molar-refractivity contribution in [3.05, 3.63) is 59.7 Å². The van der Waals surface area contributed by atoms with Gasteiger partial charge in [-0.15, -0.1) is 0 Å². The molecule has 0 aromatic heterocycles. The van der Waals surface area contributed by atoms with Gasteiger partial charge in [0.2, 0.25) is 0 Å². The van der Waals surface area contributed by atoms with E-state index in [1.807, 2.05) is 83.1 Å². The predicted molar refractivity (Wildman–Crippen MR) is 151 cm³/mol. The molecule has 0 radical (unpaired) electrons. The van der Waals surface area contributed by atoms with Gasteiger partial charge in [-0.25, -0.2) is 4.79 Å². The smallest absolute Gasteiger partial charge is 0.410 e. The van der Waals surface area contributed by atoms with E-state index in [4.69, 9.17) is 14.2 Å². The Morgan fingerprint density at radius 3 is 2.51 bits per heavy atom. The molecule has 0 bridgehead atoms. The molecule has 3 rings (SSSR count). The molecule has 0 saturated heterocycles. The summed E-state index contributed by atoms with van der Waals surface area (Å²) >= 11 is 0. The van der Waals surface area contributed by atoms with Gasteiger partial charge in [-0.2, -0.15) is 0 Å². The minimum absolute atomic E-state index is 0.0514. The Labute approximate surface area is 232 Å². The van der Waals surface area contributed by atoms with Gasteiger partial charge in [0, 0.05) is 12.1 Å². The Kier molecular flexibility index (Phi) is 11.0. The van der Waals surface area contributed by atoms with E-state index in [9.17, 15) is 14.7 Å². The summed E-state index contributed by atoms with van der Waals surface area (Å²) in [7, 11) is 0. The SMILES string of the molecule is CCC(C)NC(=O)COc1ccc2c(c1)CC(N(C[C@H](O)COc1ccccc1)C(=O)OC(C)(C)C)CCC2. The number of amides is 2. The van der Waals surface area contributed by atoms with Crippen molar-refractivity contribution >= 4 is 12.0 Å². The molecular weight excluding hydrogens is 496 g/mol. The summed E-state index contributed by atoms with van der Waals surface area (Å²) < 4.78 is 17.3. The zero-order chi connectivity index (χ0) is 28.4. The van der Waals surface area contributed by atoms with Gasteiger partial charge in [0.25, 0.3) is 5.91 Å². The second kappa shape index (κ2) is 14.2. The second-order valence-electron chi connectivity index (χ2n) is 11.3. The van der Waals surface area contributed by atoms with E-state index in [0.29, 0.717) is 17.9 Å². The molecule has 2 N–H and O–H groups in total. The maximum atomic E-state index is 13.3. The minimum Gasteiger partial charge on any atom is -0.491 e. The van der Waals surface area contributed by atoms with Crippen LogP contribution in [0.5, 0.6) is 11.5 Å². The maximum Gasteiger partial charge on any atom is 0.410 e. The molecule has 2 unspecified atom stereocenters. The number of hydrogen-bond donors (Lipinski definition) is 2. The largest absolute Gasteiger partial charge is 0.491 e. The number of rotatable bonds is 11. The average Bonchev–Trinajstić information content (AvgIpc) is 3.10. The van der Waals surface area contributed by atoms with Crippen molar-refractivity contribution in [2.24, 2.45) is 0 Å². The number of benzene rings is 2. The van der Waals surface area contributed by atoms with Gasteiger partial charge in [-0.05, 0) is 95.2 Å². The third-order valence-electron chi connectivity index (χ3n) is 6.67. The number of carbonyl (C=O) groups is 2. The molecule has 0 saturated carbocycles. The number of hydrogen-bond acceptors (Lipinski definition) is 6. The normalized spacial score (nSPS) is 16.7. The van der Waals surface area contributed by atoms with E-state index in [1.165, 1.54) is 5.56 Å². The third-order valence-corrected chi connectivity index (χ3v) is 6.67. The zero-order valence-corrected chi connectivity index (χ0v) is 23.9. The quantitative estimate of drug-likeness (QED) is 0.394. The van der Waals surface area contributed by atoms with Gasteiger partial charge >= 0.3 is 6.09 Å². The summed E-state index contributed by atoms with van der Waals surface area (Å²) in [6.07, 6.45) is 2.65. The highest BCUT2D eigenvalue weighted by Crippen LogP contribution is 2.28. The Morgan fingerprint density at radius 2 is 1.82 bits per heavy atom. The van der Waals surface area contributed by atoms with E-state index in [2.05, 4.69) is 5.32 Å². The summed E-state index contributed by atoms with van der Waals surface area (Å²) in [6, 6.07) is 15.1. The van der Waals surface area contributed by atoms with E-state index in [0.717, 1.165) is 31.2 Å². The lowest BCUT2D eigenvalue weighted by Gasteiger charge is -2.34. The molecule has 0 spiro atoms. The van der Waals surface area contributed by atoms with Crippen LogP contribution < -0.4 is 14.8 Å². The lowest BCUT2D eigenvalue weighted by molar-refractivity contribution is -0.123. The summed E-state index contributed by atoms with van der Waals surface area (Å²) in [5.41, 5.74) is 1.60. The molecule has 3 atom stereocenters. The van der Waals surface area contributed by atoms with Crippen LogP contribution in [0.4, 0.5) is 4.79 Å². The third kappa shape index (κ3) is 10.1. The Morgan fingerprint density at radius 1 is 1.08 bits per heavy atom. The highest BCUT2D eigenvalue weighted by Gasteiger charge is 2.32. The fourth-order valence-corrected chi connectivity index (χ4v) is 4.53. The molecule has 0 fully saturated rings. The first-order valence-electron chi connectivity index (χ1n) is 13.9. The Bertz CT molecular complexity index is 1070. The maximum absolute atomic E-state index is 13.3. The molecule has 1 aliphatic rings. The molecule has 39 heavy (non-hydrogen) atoms. The molecule has 0 aliphatic heterocycles. The van der Waals surface area contributed by atoms with Crippen LogP contribution in [-0.4, -0.2) is 65.6 Å². The average molecular weight is 541 g/mol. The first kappa shape index (κ1) is 30.3. The molecule has 1 aliphatic carbocycles. The lowest BCUT2D eigenvalue weighted by atomic mass is 10.0. The van der Waals surface area contributed by atoms with Gasteiger partial charge in [0.1, 0.15) is 29.8 Å². The number of nitrogens with one attached hydrogen (secondary N) is 1. The van der Waals surface area contributed by atoms with Crippen molar-refractivity contribution in [2.45, 2.75) is 90.5 Å². The summed E-state index contributed by atoms with van der Waals surface area (Å²) in [5.74, 6) is 1.13. The fraction of sp³-hybridized carbons (Fsp3) is 0.548. The van der Waals surface area contributed by atoms with Crippen LogP contribution in [0.15, 0.2) is 48.5 Å². The zero-order valence-electron chi connectivity index (χ0n) is 23.9. The van der Waals surface area contributed by atoms with Crippen molar-refractivity contribution < 1.29 is 28.9 Å². The minimum atomic E-state index is -0.890. The van der Waals surface area contributed by atoms with Gasteiger partial charge < -0.3 is 29.5 Å². The van der Waals surface area contributed by atoms with E-state index in [1.54, 1.807) is 4.90 Å². The number of ether oxygens (including phenoxy) is 3. The van der Waals surface area contributed by atoms with Crippen LogP contribution >= 0.6 is 0 Å². The Hall–Kier alpha value is -3.26. The second-order valence-corrected chi connectivity index (χ2v) is 11.3. The van der Waals surface area contributed by atoms with E-state index >= 15 is 0 Å². The number of para-hydroxylation sites is 1. The first-order valence-corrected chi connectivity index (χ1v) is 13.9. The van der Waals surface area contributed by atoms with Gasteiger partial charge in [0.05, 0.1) is 6.54 Å². The molecule has 8 heteroatoms. The molecule has 8 nitrogen and oxygen atoms in total. The highest BCUT2D eigenvalue weighted by atomic mass is 16.6. The number of aliphatic hydroxyl groups excluding tert-OH is 1. The van der Waals surface area contributed by atoms with Gasteiger partial charge in [0.15, 0.2) is 6.61 Å². The monoisotopic (exact) mass is 540 g/mol. The van der Waals surface area contributed by atoms with Crippen LogP contribution in [0, 0.1) is 0 Å². The first-order chi connectivity index (χ1) is 18.5. The molecule has 214 valence electrons. The summed E-state index contributed by atoms with van der Waals surface area (Å²) in [5, 5.41) is 13.7. The van der Waals surface area contributed by atoms with E-state index < -0.39 is 17.8 Å². The molecule has 2 aromatic carbocycles. The Balaban J connectivity index is 1.72. The van der Waals surface area contributed by atoms with Crippen LogP contribution in [-0.2, 0) is 22.4 Å². The molecule has 2 aromatic rings. The summed E-state index contributed by atoms with van der Waals surface area (Å²) in [4.78, 5) is 27.2. The van der Waals surface area contributed by atoms with Gasteiger partial charge in [-0.3, -0.25) is 4.79 Å². The number of aryl methyl sites for hydroxylation is 1. The topological polar surface area (TPSA) is 97.3 Å². The number of aliphatic hydroxyl groups is 1. The van der Waals surface area contributed by atoms with Crippen LogP contribution in [0.2, 0.25) is 0 Å². The lowest BCUT2D eigenvalue weighted by Crippen LogP contribution is -2.48. The van der Waals surface area contributed by atoms with Crippen molar-refractivity contribution in [3.8, 4) is 11.5 Å². The standard InChI is InChI=1S/C31H44N2O6/c1-6-22(2)32-29(35)21-38-28-16-15-23-11-10-12-25(17-24(23)18-28)33(30(36)39-31(3,4)5)19-26(34)20-37-27-13-8-7-9-14-27/h7-9,13-16,18,22,25-26,34H,6,10-12,17,19-21H2,1-5H3,(H,32,35)/t22?,25?,26-/m0/s1. The molecule has 0 heterocycles. The van der Waals surface area contributed by atoms with Crippen LogP contribution in [0.25, 0.3) is 0 Å². The van der Waals surface area contributed by atoms with E-state index in [-0.39, 0.29) is 37.7 Å². The number of fused-ring (bicyclic) bond motifs is 1. The number of carbonyl (C=O) groups excluding carboxylic acids is 2. The van der Waals surface area contributed by atoms with Crippen molar-refractivity contribution in [1.82, 2.24) is 10.2 Å². The molecule has 2 amide bonds. The van der Waals surface area contributed by atoms with Gasteiger partial charge in [-0.1, -0.05) is 31.2 Å². The molecular formula is C31H44N2O6. The fourth-order valence-electron chi connectivity index (χ4n) is 4.53. The van der Waals surface area contributed by atoms with Crippen molar-refractivity contribution in [3.63, 3.8) is 0 Å². The highest BCUT2D eigenvalue weighted by molar-refractivity contribution is 5.77.